The molecule has 1 N–H and O–H groups in total. The first kappa shape index (κ1) is 15.2. The Morgan fingerprint density at radius 2 is 2.05 bits per heavy atom. The van der Waals surface area contributed by atoms with Crippen LogP contribution in [0.1, 0.15) is 37.6 Å². The molecular weight excluding hydrogens is 232 g/mol. The fraction of sp³-hybridized carbons (Fsp3) is 0.353. The zero-order chi connectivity index (χ0) is 14.4. The highest BCUT2D eigenvalue weighted by molar-refractivity contribution is 5.62. The lowest BCUT2D eigenvalue weighted by molar-refractivity contribution is 0.969. The molecule has 0 unspecified atom stereocenters. The van der Waals surface area contributed by atoms with Crippen LogP contribution in [0.15, 0.2) is 42.1 Å². The monoisotopic (exact) mass is 256 g/mol. The van der Waals surface area contributed by atoms with Gasteiger partial charge in [-0.2, -0.15) is 0 Å². The Hall–Kier alpha value is -1.83. The summed E-state index contributed by atoms with van der Waals surface area (Å²) >= 11 is 0. The largest absolute Gasteiger partial charge is 0.381 e. The quantitative estimate of drug-likeness (QED) is 0.800. The van der Waals surface area contributed by atoms with Crippen molar-refractivity contribution in [1.82, 2.24) is 10.3 Å². The Morgan fingerprint density at radius 3 is 2.58 bits per heavy atom. The summed E-state index contributed by atoms with van der Waals surface area (Å²) in [6.07, 6.45) is 6.17. The van der Waals surface area contributed by atoms with Gasteiger partial charge in [0.25, 0.3) is 0 Å². The van der Waals surface area contributed by atoms with Gasteiger partial charge in [0.15, 0.2) is 0 Å². The second kappa shape index (κ2) is 6.93. The summed E-state index contributed by atoms with van der Waals surface area (Å²) in [6, 6.07) is 2.12. The summed E-state index contributed by atoms with van der Waals surface area (Å²) in [6.45, 7) is 15.2. The van der Waals surface area contributed by atoms with Crippen LogP contribution in [0.25, 0.3) is 5.70 Å². The van der Waals surface area contributed by atoms with E-state index in [1.54, 1.807) is 0 Å². The molecule has 0 saturated heterocycles. The van der Waals surface area contributed by atoms with E-state index in [4.69, 9.17) is 0 Å². The van der Waals surface area contributed by atoms with Gasteiger partial charge in [0, 0.05) is 29.7 Å². The molecule has 2 heteroatoms. The van der Waals surface area contributed by atoms with Crippen LogP contribution in [0.5, 0.6) is 0 Å². The Balaban J connectivity index is 2.70. The molecule has 0 bridgehead atoms. The molecule has 1 aromatic heterocycles. The summed E-state index contributed by atoms with van der Waals surface area (Å²) < 4.78 is 0. The normalized spacial score (nSPS) is 11.1. The van der Waals surface area contributed by atoms with Crippen LogP contribution in [0.4, 0.5) is 0 Å². The summed E-state index contributed by atoms with van der Waals surface area (Å²) in [4.78, 5) is 4.37. The van der Waals surface area contributed by atoms with Crippen molar-refractivity contribution >= 4 is 5.70 Å². The lowest BCUT2D eigenvalue weighted by Crippen LogP contribution is -2.14. The highest BCUT2D eigenvalue weighted by Crippen LogP contribution is 2.13. The molecule has 0 aromatic carbocycles. The number of rotatable bonds is 5. The number of aryl methyl sites for hydroxylation is 2. The fourth-order valence-electron chi connectivity index (χ4n) is 1.73. The number of hydrogen-bond donors (Lipinski definition) is 1. The van der Waals surface area contributed by atoms with Crippen molar-refractivity contribution in [3.8, 4) is 0 Å². The van der Waals surface area contributed by atoms with Gasteiger partial charge in [-0.1, -0.05) is 24.3 Å². The van der Waals surface area contributed by atoms with E-state index in [9.17, 15) is 0 Å². The van der Waals surface area contributed by atoms with Crippen molar-refractivity contribution in [3.05, 3.63) is 59.0 Å². The van der Waals surface area contributed by atoms with Crippen molar-refractivity contribution < 1.29 is 0 Å². The lowest BCUT2D eigenvalue weighted by Gasteiger charge is -2.12. The molecule has 0 aliphatic carbocycles. The van der Waals surface area contributed by atoms with E-state index < -0.39 is 0 Å². The number of nitrogens with zero attached hydrogens (tertiary/aromatic N) is 1. The van der Waals surface area contributed by atoms with Gasteiger partial charge in [-0.15, -0.1) is 0 Å². The van der Waals surface area contributed by atoms with Crippen LogP contribution < -0.4 is 5.32 Å². The van der Waals surface area contributed by atoms with Crippen molar-refractivity contribution in [1.29, 1.82) is 0 Å². The van der Waals surface area contributed by atoms with Crippen LogP contribution in [0.2, 0.25) is 0 Å². The van der Waals surface area contributed by atoms with Gasteiger partial charge in [-0.25, -0.2) is 0 Å². The van der Waals surface area contributed by atoms with Crippen LogP contribution in [0.3, 0.4) is 0 Å². The van der Waals surface area contributed by atoms with Gasteiger partial charge < -0.3 is 5.32 Å². The predicted octanol–water partition coefficient (Wildman–Crippen LogP) is 4.17. The van der Waals surface area contributed by atoms with Gasteiger partial charge in [0.2, 0.25) is 0 Å². The van der Waals surface area contributed by atoms with Crippen molar-refractivity contribution in [2.24, 2.45) is 0 Å². The summed E-state index contributed by atoms with van der Waals surface area (Å²) in [7, 11) is 0. The molecule has 0 spiro atoms. The Morgan fingerprint density at radius 1 is 1.37 bits per heavy atom. The highest BCUT2D eigenvalue weighted by Gasteiger charge is 2.02. The number of aromatic nitrogens is 1. The van der Waals surface area contributed by atoms with E-state index in [1.165, 1.54) is 16.7 Å². The Labute approximate surface area is 117 Å². The zero-order valence-corrected chi connectivity index (χ0v) is 12.7. The molecule has 2 nitrogen and oxygen atoms in total. The zero-order valence-electron chi connectivity index (χ0n) is 12.7. The van der Waals surface area contributed by atoms with Crippen molar-refractivity contribution in [2.75, 3.05) is 6.54 Å². The third-order valence-electron chi connectivity index (χ3n) is 3.04. The number of pyridine rings is 1. The minimum absolute atomic E-state index is 0.785. The van der Waals surface area contributed by atoms with Crippen LogP contribution >= 0.6 is 0 Å². The topological polar surface area (TPSA) is 24.9 Å². The first-order valence-corrected chi connectivity index (χ1v) is 6.60. The SMILES string of the molecule is C=C(NC/C(C=C(C)C)=C/C)c1cnc(C)c(C)c1. The van der Waals surface area contributed by atoms with Gasteiger partial charge in [0.1, 0.15) is 0 Å². The molecule has 1 rings (SSSR count). The molecule has 0 aliphatic rings. The van der Waals surface area contributed by atoms with E-state index in [-0.39, 0.29) is 0 Å². The molecule has 1 aromatic rings. The number of hydrogen-bond acceptors (Lipinski definition) is 2. The molecule has 0 aliphatic heterocycles. The molecule has 0 fully saturated rings. The third kappa shape index (κ3) is 4.74. The molecule has 19 heavy (non-hydrogen) atoms. The van der Waals surface area contributed by atoms with E-state index in [0.29, 0.717) is 0 Å². The predicted molar refractivity (Wildman–Crippen MR) is 83.9 cm³/mol. The number of allylic oxidation sites excluding steroid dienone is 2. The van der Waals surface area contributed by atoms with E-state index in [2.05, 4.69) is 62.8 Å². The maximum atomic E-state index is 4.37. The third-order valence-corrected chi connectivity index (χ3v) is 3.04. The average Bonchev–Trinajstić information content (AvgIpc) is 2.36. The minimum Gasteiger partial charge on any atom is -0.381 e. The van der Waals surface area contributed by atoms with Crippen LogP contribution in [-0.2, 0) is 0 Å². The molecule has 0 atom stereocenters. The second-order valence-electron chi connectivity index (χ2n) is 5.04. The van der Waals surface area contributed by atoms with Gasteiger partial charge in [-0.05, 0) is 51.8 Å². The summed E-state index contributed by atoms with van der Waals surface area (Å²) in [5.41, 5.74) is 6.78. The standard InChI is InChI=1S/C17H24N2/c1-7-16(8-12(2)3)10-18-15(6)17-9-13(4)14(5)19-11-17/h7-9,11,18H,6,10H2,1-5H3/b16-7+. The molecule has 1 heterocycles. The lowest BCUT2D eigenvalue weighted by atomic mass is 10.1. The molecule has 0 amide bonds. The Kier molecular flexibility index (Phi) is 5.56. The molecule has 0 radical (unpaired) electrons. The van der Waals surface area contributed by atoms with Crippen molar-refractivity contribution in [2.45, 2.75) is 34.6 Å². The van der Waals surface area contributed by atoms with Gasteiger partial charge in [0.05, 0.1) is 0 Å². The maximum absolute atomic E-state index is 4.37. The van der Waals surface area contributed by atoms with Gasteiger partial charge in [-0.3, -0.25) is 4.98 Å². The second-order valence-corrected chi connectivity index (χ2v) is 5.04. The minimum atomic E-state index is 0.785. The number of nitrogens with one attached hydrogen (secondary N) is 1. The average molecular weight is 256 g/mol. The fourth-order valence-corrected chi connectivity index (χ4v) is 1.73. The molecule has 0 saturated carbocycles. The van der Waals surface area contributed by atoms with E-state index >= 15 is 0 Å². The van der Waals surface area contributed by atoms with Crippen molar-refractivity contribution in [3.63, 3.8) is 0 Å². The smallest absolute Gasteiger partial charge is 0.0402 e. The van der Waals surface area contributed by atoms with Crippen LogP contribution in [0, 0.1) is 13.8 Å². The first-order valence-electron chi connectivity index (χ1n) is 6.60. The van der Waals surface area contributed by atoms with Gasteiger partial charge >= 0.3 is 0 Å². The van der Waals surface area contributed by atoms with E-state index in [0.717, 1.165) is 23.5 Å². The Bertz CT molecular complexity index is 518. The van der Waals surface area contributed by atoms with Crippen LogP contribution in [-0.4, -0.2) is 11.5 Å². The highest BCUT2D eigenvalue weighted by atomic mass is 14.9. The first-order chi connectivity index (χ1) is 8.93. The summed E-state index contributed by atoms with van der Waals surface area (Å²) in [5, 5.41) is 3.35. The van der Waals surface area contributed by atoms with E-state index in [1.807, 2.05) is 13.1 Å². The molecular formula is C17H24N2. The maximum Gasteiger partial charge on any atom is 0.0402 e. The summed E-state index contributed by atoms with van der Waals surface area (Å²) in [5.74, 6) is 0. The molecule has 102 valence electrons.